The maximum atomic E-state index is 11.9. The first-order valence-electron chi connectivity index (χ1n) is 48.7. The lowest BCUT2D eigenvalue weighted by Crippen LogP contribution is -2.31. The van der Waals surface area contributed by atoms with E-state index in [4.69, 9.17) is 28.9 Å². The van der Waals surface area contributed by atoms with Gasteiger partial charge in [-0.3, -0.25) is 14.4 Å². The molecule has 0 bridgehead atoms. The molecule has 1 aliphatic rings. The summed E-state index contributed by atoms with van der Waals surface area (Å²) in [6, 6.07) is 86.9. The van der Waals surface area contributed by atoms with Gasteiger partial charge in [0, 0.05) is 46.0 Å². The first-order valence-corrected chi connectivity index (χ1v) is 48.7. The lowest BCUT2D eigenvalue weighted by molar-refractivity contribution is -0.142. The number of imide groups is 1. The van der Waals surface area contributed by atoms with Gasteiger partial charge in [0.25, 0.3) is 11.8 Å². The Morgan fingerprint density at radius 1 is 0.299 bits per heavy atom. The molecule has 28 nitrogen and oxygen atoms in total. The Labute approximate surface area is 861 Å². The Kier molecular flexibility index (Phi) is 101. The summed E-state index contributed by atoms with van der Waals surface area (Å²) in [6.45, 7) is 64.3. The Morgan fingerprint density at radius 2 is 0.625 bits per heavy atom. The molecule has 0 spiro atoms. The van der Waals surface area contributed by atoms with E-state index in [0.29, 0.717) is 65.9 Å². The molecule has 1 heterocycles. The normalized spacial score (nSPS) is 9.58. The first-order chi connectivity index (χ1) is 69.7. The van der Waals surface area contributed by atoms with Gasteiger partial charge in [-0.1, -0.05) is 396 Å². The molecule has 0 unspecified atom stereocenters. The molecule has 0 saturated carbocycles. The fourth-order valence-corrected chi connectivity index (χ4v) is 9.33. The predicted molar refractivity (Wildman–Crippen MR) is 596 cm³/mol. The summed E-state index contributed by atoms with van der Waals surface area (Å²) in [6.07, 6.45) is 5.15. The van der Waals surface area contributed by atoms with Gasteiger partial charge >= 0.3 is 29.8 Å². The van der Waals surface area contributed by atoms with Crippen molar-refractivity contribution >= 4 is 105 Å². The van der Waals surface area contributed by atoms with Crippen molar-refractivity contribution < 1.29 is 86.6 Å². The molecular weight excluding hydrogens is 1820 g/mol. The first kappa shape index (κ1) is 142. The number of methoxy groups -OCH3 is 1. The van der Waals surface area contributed by atoms with Crippen molar-refractivity contribution in [1.82, 2.24) is 4.90 Å². The molecule has 0 aromatic heterocycles. The maximum absolute atomic E-state index is 11.9. The second-order valence-electron chi connectivity index (χ2n) is 26.9. The number of rotatable bonds is 26. The van der Waals surface area contributed by atoms with Crippen molar-refractivity contribution in [2.75, 3.05) is 27.1 Å². The zero-order valence-corrected chi connectivity index (χ0v) is 92.2. The Bertz CT molecular complexity index is 5100. The average Bonchev–Trinajstić information content (AvgIpc) is 1.63. The standard InChI is InChI=1S/C14H15NO.C12H12N2O3.C11H13NO3.C11H13NO2.C11H15NO.C10H11NO3.C10H11NO2.C10H13NO.C9H9NO2.9C2H6/c1-11(2)15-16-10-13-8-5-7-12-6-3-4-9-14(12)13;1-8(2)13-17-7-14-11(15)9-5-3-4-6-10(9)12(14)16;1-9(15-10(2)13)12-14-8-11-6-4-3-5-7-11;1-9(2)12-14-11(13)8-10-6-4-3-5-7-10;1-10(2)12-13-9-8-11-6-4-3-5-7-11;1-8(13-2)11-14-10(12)9-6-4-3-5-7-9;1-8(2)11-13-10(12)9-6-4-3-5-7-9;1-2-11-12-9-8-10-6-4-3-5-7-10;1-2-10-12-9(11)8-6-4-3-5-7-8;9*1-2/h3-9H,10H2,1-2H3;3-6H,7H2,1-2H3;3-7H,8H2,1-2H3;3-7H,8H2,1-2H3;3-7H,8-9H2,1-2H3;3-7H,1-2H3;3-7H,1-2H3;2-7H,8-9H2,1H3;2-7H,1H3;9*1-2H3/b;;12-9-;;;11-8-;;11-2+;10-2+;;;;;;;;;. The summed E-state index contributed by atoms with van der Waals surface area (Å²) in [5, 5.41) is 35.2. The van der Waals surface area contributed by atoms with E-state index >= 15 is 0 Å². The molecule has 1 aliphatic heterocycles. The van der Waals surface area contributed by atoms with Crippen molar-refractivity contribution in [3.05, 3.63) is 335 Å². The highest BCUT2D eigenvalue weighted by Crippen LogP contribution is 2.23. The largest absolute Gasteiger partial charge is 0.482 e. The van der Waals surface area contributed by atoms with Crippen molar-refractivity contribution in [3.8, 4) is 0 Å². The zero-order chi connectivity index (χ0) is 110. The molecule has 144 heavy (non-hydrogen) atoms. The number of benzene rings is 10. The third-order valence-electron chi connectivity index (χ3n) is 14.9. The molecule has 10 aromatic rings. The number of carbonyl (C=O) groups is 7. The minimum Gasteiger partial charge on any atom is -0.482 e. The minimum atomic E-state index is -0.498. The lowest BCUT2D eigenvalue weighted by Gasteiger charge is -2.11. The number of carbonyl (C=O) groups excluding carboxylic acids is 7. The van der Waals surface area contributed by atoms with Gasteiger partial charge in [-0.25, -0.2) is 24.1 Å². The second kappa shape index (κ2) is 102. The topological polar surface area (TPSA) is 336 Å². The quantitative estimate of drug-likeness (QED) is 0.00924. The lowest BCUT2D eigenvalue weighted by atomic mass is 10.1. The van der Waals surface area contributed by atoms with Crippen molar-refractivity contribution in [3.63, 3.8) is 0 Å². The van der Waals surface area contributed by atoms with Gasteiger partial charge < -0.3 is 53.0 Å². The van der Waals surface area contributed by atoms with Crippen LogP contribution in [0, 0.1) is 0 Å². The molecule has 0 aliphatic carbocycles. The number of hydrogen-bond donors (Lipinski definition) is 0. The number of amides is 2. The summed E-state index contributed by atoms with van der Waals surface area (Å²) in [4.78, 5) is 124. The monoisotopic (exact) mass is 1990 g/mol. The number of nitrogens with zero attached hydrogens (tertiary/aromatic N) is 10. The van der Waals surface area contributed by atoms with E-state index in [1.807, 2.05) is 293 Å². The Balaban J connectivity index is -0.000000288. The van der Waals surface area contributed by atoms with Crippen LogP contribution in [0.4, 0.5) is 0 Å². The van der Waals surface area contributed by atoms with E-state index in [-0.39, 0.29) is 36.8 Å². The molecule has 0 saturated heterocycles. The highest BCUT2D eigenvalue weighted by Gasteiger charge is 2.35. The van der Waals surface area contributed by atoms with Crippen LogP contribution in [0.2, 0.25) is 0 Å². The molecule has 10 aromatic carbocycles. The number of ether oxygens (including phenoxy) is 2. The summed E-state index contributed by atoms with van der Waals surface area (Å²) >= 11 is 0. The van der Waals surface area contributed by atoms with Crippen LogP contribution in [0.25, 0.3) is 10.8 Å². The Hall–Kier alpha value is -15.2. The number of oxime groups is 9. The molecule has 0 fully saturated rings. The SMILES string of the molecule is C/C=N/OC(=O)c1ccccc1.C/C=N/OCCc1ccccc1.CC.CC.CC.CC.CC.CC.CC.CC.CC.CC(=O)O/C(C)=N\OCc1ccccc1.CC(C)=NOC(=O)Cc1ccccc1.CC(C)=NOC(=O)c1ccccc1.CC(C)=NOCCc1ccccc1.CC(C)=NOCN1C(=O)c2ccccc2C1=O.CC(C)=NOCc1cccc2ccccc12.CO/C(C)=N\OC(=O)c1ccccc1. The van der Waals surface area contributed by atoms with Crippen molar-refractivity contribution in [2.24, 2.45) is 46.4 Å². The van der Waals surface area contributed by atoms with Gasteiger partial charge in [0.2, 0.25) is 11.8 Å². The molecule has 28 heteroatoms. The summed E-state index contributed by atoms with van der Waals surface area (Å²) in [5.41, 5.74) is 12.0. The van der Waals surface area contributed by atoms with Crippen LogP contribution in [0.3, 0.4) is 0 Å². The van der Waals surface area contributed by atoms with Crippen molar-refractivity contribution in [2.45, 2.75) is 261 Å². The highest BCUT2D eigenvalue weighted by molar-refractivity contribution is 6.21. The van der Waals surface area contributed by atoms with Crippen molar-refractivity contribution in [1.29, 1.82) is 0 Å². The van der Waals surface area contributed by atoms with Crippen LogP contribution in [0.5, 0.6) is 0 Å². The maximum Gasteiger partial charge on any atom is 0.365 e. The van der Waals surface area contributed by atoms with E-state index < -0.39 is 23.9 Å². The minimum absolute atomic E-state index is 0.155. The van der Waals surface area contributed by atoms with Gasteiger partial charge in [0.05, 0.1) is 69.9 Å². The van der Waals surface area contributed by atoms with E-state index in [1.54, 1.807) is 166 Å². The van der Waals surface area contributed by atoms with Crippen LogP contribution in [-0.2, 0) is 95.1 Å². The molecule has 0 N–H and O–H groups in total. The van der Waals surface area contributed by atoms with Gasteiger partial charge in [-0.15, -0.1) is 0 Å². The van der Waals surface area contributed by atoms with Crippen LogP contribution >= 0.6 is 0 Å². The fourth-order valence-electron chi connectivity index (χ4n) is 9.33. The van der Waals surface area contributed by atoms with Gasteiger partial charge in [-0.2, -0.15) is 0 Å². The smallest absolute Gasteiger partial charge is 0.365 e. The fraction of sp³-hybridized carbons (Fsp3) is 0.362. The average molecular weight is 1990 g/mol. The number of fused-ring (bicyclic) bond motifs is 2. The third kappa shape index (κ3) is 77.6. The highest BCUT2D eigenvalue weighted by atomic mass is 16.7. The second-order valence-corrected chi connectivity index (χ2v) is 26.9. The molecule has 0 atom stereocenters. The summed E-state index contributed by atoms with van der Waals surface area (Å²) < 4.78 is 9.38. The van der Waals surface area contributed by atoms with Crippen LogP contribution < -0.4 is 0 Å². The summed E-state index contributed by atoms with van der Waals surface area (Å²) in [7, 11) is 1.45. The molecule has 11 rings (SSSR count). The Morgan fingerprint density at radius 3 is 1.02 bits per heavy atom. The van der Waals surface area contributed by atoms with Gasteiger partial charge in [0.15, 0.2) is 6.73 Å². The van der Waals surface area contributed by atoms with E-state index in [2.05, 4.69) is 119 Å². The van der Waals surface area contributed by atoms with Crippen LogP contribution in [-0.4, -0.2) is 126 Å². The zero-order valence-electron chi connectivity index (χ0n) is 92.2. The molecule has 2 amide bonds. The molecule has 0 radical (unpaired) electrons. The number of hydrogen-bond acceptors (Lipinski definition) is 27. The molecule has 788 valence electrons. The third-order valence-corrected chi connectivity index (χ3v) is 14.9. The van der Waals surface area contributed by atoms with E-state index in [0.717, 1.165) is 51.7 Å². The van der Waals surface area contributed by atoms with Crippen LogP contribution in [0.15, 0.2) is 325 Å². The van der Waals surface area contributed by atoms with Gasteiger partial charge in [-0.05, 0) is 175 Å². The molecular formula is C116H166N10O18. The van der Waals surface area contributed by atoms with E-state index in [1.165, 1.54) is 47.7 Å². The predicted octanol–water partition coefficient (Wildman–Crippen LogP) is 29.7. The van der Waals surface area contributed by atoms with Gasteiger partial charge in [0.1, 0.15) is 26.4 Å². The van der Waals surface area contributed by atoms with E-state index in [9.17, 15) is 33.6 Å². The number of esters is 1. The van der Waals surface area contributed by atoms with Crippen LogP contribution in [0.1, 0.15) is 308 Å². The summed E-state index contributed by atoms with van der Waals surface area (Å²) in [5.74, 6) is -2.27.